The number of hydrogen-bond donors (Lipinski definition) is 1. The van der Waals surface area contributed by atoms with E-state index < -0.39 is 0 Å². The lowest BCUT2D eigenvalue weighted by molar-refractivity contribution is 0.474. The van der Waals surface area contributed by atoms with Crippen molar-refractivity contribution in [1.82, 2.24) is 10.3 Å². The van der Waals surface area contributed by atoms with Gasteiger partial charge in [-0.15, -0.1) is 0 Å². The van der Waals surface area contributed by atoms with E-state index in [2.05, 4.69) is 24.1 Å². The van der Waals surface area contributed by atoms with Crippen molar-refractivity contribution >= 4 is 11.6 Å². The van der Waals surface area contributed by atoms with Crippen LogP contribution in [0, 0.1) is 0 Å². The molecule has 78 valence electrons. The maximum atomic E-state index is 5.79. The highest BCUT2D eigenvalue weighted by atomic mass is 35.5. The van der Waals surface area contributed by atoms with Gasteiger partial charge in [-0.3, -0.25) is 4.98 Å². The smallest absolute Gasteiger partial charge is 0.0589 e. The van der Waals surface area contributed by atoms with Gasteiger partial charge in [0.15, 0.2) is 0 Å². The molecule has 0 radical (unpaired) electrons. The molecule has 0 aliphatic heterocycles. The molecule has 0 saturated heterocycles. The van der Waals surface area contributed by atoms with E-state index in [1.807, 2.05) is 19.2 Å². The van der Waals surface area contributed by atoms with Crippen molar-refractivity contribution < 1.29 is 0 Å². The van der Waals surface area contributed by atoms with E-state index in [1.54, 1.807) is 6.20 Å². The second kappa shape index (κ2) is 5.32. The fraction of sp³-hybridized carbons (Fsp3) is 0.545. The van der Waals surface area contributed by atoms with Crippen LogP contribution < -0.4 is 5.32 Å². The highest BCUT2D eigenvalue weighted by Crippen LogP contribution is 2.22. The van der Waals surface area contributed by atoms with Crippen molar-refractivity contribution in [2.75, 3.05) is 7.05 Å². The van der Waals surface area contributed by atoms with Gasteiger partial charge in [0, 0.05) is 23.9 Å². The van der Waals surface area contributed by atoms with Crippen LogP contribution in [0.25, 0.3) is 0 Å². The van der Waals surface area contributed by atoms with Crippen LogP contribution in [0.15, 0.2) is 18.3 Å². The summed E-state index contributed by atoms with van der Waals surface area (Å²) in [6.07, 6.45) is 2.79. The maximum absolute atomic E-state index is 5.79. The lowest BCUT2D eigenvalue weighted by atomic mass is 9.94. The summed E-state index contributed by atoms with van der Waals surface area (Å²) in [6.45, 7) is 4.35. The first-order chi connectivity index (χ1) is 6.69. The topological polar surface area (TPSA) is 24.9 Å². The first-order valence-corrected chi connectivity index (χ1v) is 5.35. The van der Waals surface area contributed by atoms with Crippen molar-refractivity contribution in [3.8, 4) is 0 Å². The summed E-state index contributed by atoms with van der Waals surface area (Å²) >= 11 is 5.79. The van der Waals surface area contributed by atoms with Crippen LogP contribution in [0.1, 0.15) is 31.9 Å². The van der Waals surface area contributed by atoms with Gasteiger partial charge in [-0.2, -0.15) is 0 Å². The Morgan fingerprint density at radius 1 is 1.50 bits per heavy atom. The minimum absolute atomic E-state index is 0.439. The molecule has 0 aromatic carbocycles. The van der Waals surface area contributed by atoms with Crippen LogP contribution in [-0.4, -0.2) is 18.1 Å². The van der Waals surface area contributed by atoms with Gasteiger partial charge >= 0.3 is 0 Å². The Kier molecular flexibility index (Phi) is 4.36. The number of aromatic nitrogens is 1. The monoisotopic (exact) mass is 212 g/mol. The van der Waals surface area contributed by atoms with Gasteiger partial charge in [-0.1, -0.05) is 18.5 Å². The predicted molar refractivity (Wildman–Crippen MR) is 60.8 cm³/mol. The molecule has 1 rings (SSSR count). The summed E-state index contributed by atoms with van der Waals surface area (Å²) in [7, 11) is 1.98. The zero-order valence-electron chi connectivity index (χ0n) is 8.92. The van der Waals surface area contributed by atoms with Crippen molar-refractivity contribution in [3.63, 3.8) is 0 Å². The number of likely N-dealkylation sites (N-methyl/N-ethyl adjacent to an activating group) is 1. The van der Waals surface area contributed by atoms with Gasteiger partial charge in [0.1, 0.15) is 0 Å². The molecule has 0 fully saturated rings. The molecule has 0 aliphatic rings. The van der Waals surface area contributed by atoms with E-state index in [9.17, 15) is 0 Å². The van der Waals surface area contributed by atoms with Gasteiger partial charge in [-0.05, 0) is 32.5 Å². The molecule has 0 spiro atoms. The Morgan fingerprint density at radius 3 is 2.64 bits per heavy atom. The van der Waals surface area contributed by atoms with Crippen molar-refractivity contribution in [3.05, 3.63) is 29.0 Å². The highest BCUT2D eigenvalue weighted by molar-refractivity contribution is 6.30. The highest BCUT2D eigenvalue weighted by Gasteiger charge is 2.16. The summed E-state index contributed by atoms with van der Waals surface area (Å²) < 4.78 is 0. The number of nitrogens with zero attached hydrogens (tertiary/aromatic N) is 1. The Morgan fingerprint density at radius 2 is 2.21 bits per heavy atom. The minimum Gasteiger partial charge on any atom is -0.317 e. The number of nitrogens with one attached hydrogen (secondary N) is 1. The molecule has 1 heterocycles. The normalized spacial score (nSPS) is 15.1. The Bertz CT molecular complexity index is 271. The Hall–Kier alpha value is -0.600. The molecule has 2 atom stereocenters. The second-order valence-electron chi connectivity index (χ2n) is 3.49. The average molecular weight is 213 g/mol. The van der Waals surface area contributed by atoms with E-state index in [0.717, 1.165) is 12.1 Å². The molecular weight excluding hydrogens is 196 g/mol. The van der Waals surface area contributed by atoms with Crippen LogP contribution in [0.3, 0.4) is 0 Å². The third-order valence-electron chi connectivity index (χ3n) is 2.63. The molecule has 0 bridgehead atoms. The van der Waals surface area contributed by atoms with Crippen LogP contribution >= 0.6 is 11.6 Å². The summed E-state index contributed by atoms with van der Waals surface area (Å²) in [5, 5.41) is 3.95. The van der Waals surface area contributed by atoms with Crippen molar-refractivity contribution in [1.29, 1.82) is 0 Å². The number of rotatable bonds is 4. The molecule has 0 amide bonds. The number of halogens is 1. The van der Waals surface area contributed by atoms with Crippen LogP contribution in [-0.2, 0) is 0 Å². The third kappa shape index (κ3) is 2.69. The molecule has 1 aromatic rings. The molecule has 3 heteroatoms. The van der Waals surface area contributed by atoms with Gasteiger partial charge in [0.25, 0.3) is 0 Å². The summed E-state index contributed by atoms with van der Waals surface area (Å²) in [4.78, 5) is 4.35. The first kappa shape index (κ1) is 11.5. The Labute approximate surface area is 90.7 Å². The van der Waals surface area contributed by atoms with Crippen LogP contribution in [0.5, 0.6) is 0 Å². The van der Waals surface area contributed by atoms with Crippen molar-refractivity contribution in [2.45, 2.75) is 32.2 Å². The fourth-order valence-electron chi connectivity index (χ4n) is 1.63. The van der Waals surface area contributed by atoms with E-state index in [0.29, 0.717) is 17.0 Å². The van der Waals surface area contributed by atoms with Crippen LogP contribution in [0.2, 0.25) is 5.02 Å². The lowest BCUT2D eigenvalue weighted by Gasteiger charge is -2.21. The second-order valence-corrected chi connectivity index (χ2v) is 3.93. The van der Waals surface area contributed by atoms with Gasteiger partial charge < -0.3 is 5.32 Å². The standard InChI is InChI=1S/C11H17ClN2/c1-4-10(8(2)13-3)11-6-5-9(12)7-14-11/h5-8,10,13H,4H2,1-3H3. The summed E-state index contributed by atoms with van der Waals surface area (Å²) in [5.41, 5.74) is 1.11. The fourth-order valence-corrected chi connectivity index (χ4v) is 1.74. The average Bonchev–Trinajstić information content (AvgIpc) is 2.21. The van der Waals surface area contributed by atoms with E-state index in [-0.39, 0.29) is 0 Å². The lowest BCUT2D eigenvalue weighted by Crippen LogP contribution is -2.29. The van der Waals surface area contributed by atoms with E-state index in [4.69, 9.17) is 11.6 Å². The first-order valence-electron chi connectivity index (χ1n) is 4.97. The molecule has 0 aliphatic carbocycles. The van der Waals surface area contributed by atoms with Gasteiger partial charge in [0.05, 0.1) is 5.02 Å². The molecule has 2 nitrogen and oxygen atoms in total. The SMILES string of the molecule is CCC(c1ccc(Cl)cn1)C(C)NC. The third-order valence-corrected chi connectivity index (χ3v) is 2.85. The molecule has 1 N–H and O–H groups in total. The van der Waals surface area contributed by atoms with Crippen molar-refractivity contribution in [2.24, 2.45) is 0 Å². The van der Waals surface area contributed by atoms with E-state index >= 15 is 0 Å². The molecule has 1 aromatic heterocycles. The number of pyridine rings is 1. The quantitative estimate of drug-likeness (QED) is 0.831. The maximum Gasteiger partial charge on any atom is 0.0589 e. The largest absolute Gasteiger partial charge is 0.317 e. The Balaban J connectivity index is 2.84. The van der Waals surface area contributed by atoms with E-state index in [1.165, 1.54) is 0 Å². The summed E-state index contributed by atoms with van der Waals surface area (Å²) in [6, 6.07) is 4.34. The zero-order valence-corrected chi connectivity index (χ0v) is 9.67. The van der Waals surface area contributed by atoms with Gasteiger partial charge in [-0.25, -0.2) is 0 Å². The minimum atomic E-state index is 0.439. The molecule has 0 saturated carbocycles. The molecule has 2 unspecified atom stereocenters. The molecular formula is C11H17ClN2. The molecule has 14 heavy (non-hydrogen) atoms. The number of hydrogen-bond acceptors (Lipinski definition) is 2. The van der Waals surface area contributed by atoms with Gasteiger partial charge in [0.2, 0.25) is 0 Å². The predicted octanol–water partition coefficient (Wildman–Crippen LogP) is 2.84. The summed E-state index contributed by atoms with van der Waals surface area (Å²) in [5.74, 6) is 0.456. The zero-order chi connectivity index (χ0) is 10.6. The van der Waals surface area contributed by atoms with Crippen LogP contribution in [0.4, 0.5) is 0 Å².